The first-order valence-corrected chi connectivity index (χ1v) is 6.16. The van der Waals surface area contributed by atoms with Gasteiger partial charge in [-0.3, -0.25) is 15.1 Å². The number of pyridine rings is 1. The van der Waals surface area contributed by atoms with Crippen molar-refractivity contribution >= 4 is 5.69 Å². The van der Waals surface area contributed by atoms with E-state index in [1.165, 1.54) is 6.20 Å². The molecule has 0 aromatic carbocycles. The normalized spacial score (nSPS) is 14.3. The van der Waals surface area contributed by atoms with Crippen LogP contribution in [0.2, 0.25) is 0 Å². The highest BCUT2D eigenvalue weighted by Crippen LogP contribution is 2.26. The van der Waals surface area contributed by atoms with Gasteiger partial charge in [-0.25, -0.2) is 0 Å². The van der Waals surface area contributed by atoms with E-state index in [2.05, 4.69) is 4.98 Å². The molecule has 0 fully saturated rings. The van der Waals surface area contributed by atoms with Crippen LogP contribution in [0, 0.1) is 29.9 Å². The van der Waals surface area contributed by atoms with E-state index in [1.807, 2.05) is 6.92 Å². The minimum Gasteiger partial charge on any atom is -0.393 e. The van der Waals surface area contributed by atoms with Crippen molar-refractivity contribution in [2.45, 2.75) is 46.6 Å². The average molecular weight is 252 g/mol. The number of aliphatic hydroxyl groups excluding tert-OH is 1. The zero-order valence-electron chi connectivity index (χ0n) is 11.3. The first-order chi connectivity index (χ1) is 8.38. The maximum atomic E-state index is 11.0. The van der Waals surface area contributed by atoms with E-state index in [9.17, 15) is 15.2 Å². The second kappa shape index (κ2) is 5.91. The summed E-state index contributed by atoms with van der Waals surface area (Å²) in [6, 6.07) is 0. The lowest BCUT2D eigenvalue weighted by molar-refractivity contribution is -0.386. The van der Waals surface area contributed by atoms with Crippen LogP contribution in [-0.4, -0.2) is 21.1 Å². The van der Waals surface area contributed by atoms with E-state index in [0.29, 0.717) is 23.2 Å². The monoisotopic (exact) mass is 252 g/mol. The van der Waals surface area contributed by atoms with Gasteiger partial charge in [-0.2, -0.15) is 0 Å². The van der Waals surface area contributed by atoms with E-state index < -0.39 is 6.10 Å². The summed E-state index contributed by atoms with van der Waals surface area (Å²) in [5.41, 5.74) is 2.03. The van der Waals surface area contributed by atoms with Gasteiger partial charge in [0, 0.05) is 17.3 Å². The zero-order valence-corrected chi connectivity index (χ0v) is 11.3. The Hall–Kier alpha value is -1.49. The van der Waals surface area contributed by atoms with Crippen molar-refractivity contribution in [3.8, 4) is 0 Å². The highest BCUT2D eigenvalue weighted by atomic mass is 16.6. The predicted molar refractivity (Wildman–Crippen MR) is 69.5 cm³/mol. The van der Waals surface area contributed by atoms with Crippen molar-refractivity contribution in [3.63, 3.8) is 0 Å². The van der Waals surface area contributed by atoms with Crippen LogP contribution < -0.4 is 0 Å². The summed E-state index contributed by atoms with van der Waals surface area (Å²) in [4.78, 5) is 14.9. The third kappa shape index (κ3) is 3.04. The summed E-state index contributed by atoms with van der Waals surface area (Å²) in [7, 11) is 0. The van der Waals surface area contributed by atoms with Crippen molar-refractivity contribution in [1.82, 2.24) is 4.98 Å². The number of aliphatic hydroxyl groups is 1. The van der Waals surface area contributed by atoms with E-state index in [1.54, 1.807) is 20.8 Å². The lowest BCUT2D eigenvalue weighted by Gasteiger charge is -2.18. The Morgan fingerprint density at radius 1 is 1.50 bits per heavy atom. The zero-order chi connectivity index (χ0) is 13.9. The number of aryl methyl sites for hydroxylation is 1. The van der Waals surface area contributed by atoms with Gasteiger partial charge in [-0.05, 0) is 33.1 Å². The molecule has 1 heterocycles. The number of rotatable bonds is 5. The highest BCUT2D eigenvalue weighted by Gasteiger charge is 2.22. The molecule has 0 saturated carbocycles. The van der Waals surface area contributed by atoms with Gasteiger partial charge in [0.25, 0.3) is 5.69 Å². The maximum Gasteiger partial charge on any atom is 0.278 e. The van der Waals surface area contributed by atoms with Crippen molar-refractivity contribution in [2.75, 3.05) is 0 Å². The Morgan fingerprint density at radius 3 is 2.56 bits per heavy atom. The summed E-state index contributed by atoms with van der Waals surface area (Å²) >= 11 is 0. The van der Waals surface area contributed by atoms with Crippen molar-refractivity contribution in [3.05, 3.63) is 33.1 Å². The number of nitro groups is 1. The smallest absolute Gasteiger partial charge is 0.278 e. The van der Waals surface area contributed by atoms with Crippen LogP contribution in [-0.2, 0) is 6.42 Å². The van der Waals surface area contributed by atoms with Crippen LogP contribution in [0.5, 0.6) is 0 Å². The van der Waals surface area contributed by atoms with Gasteiger partial charge < -0.3 is 5.11 Å². The summed E-state index contributed by atoms with van der Waals surface area (Å²) in [6.45, 7) is 7.15. The number of aromatic nitrogens is 1. The lowest BCUT2D eigenvalue weighted by Crippen LogP contribution is -2.19. The third-order valence-electron chi connectivity index (χ3n) is 3.42. The second-order valence-corrected chi connectivity index (χ2v) is 4.73. The molecule has 2 unspecified atom stereocenters. The molecule has 5 heteroatoms. The Bertz CT molecular complexity index is 444. The van der Waals surface area contributed by atoms with Crippen LogP contribution in [0.15, 0.2) is 6.20 Å². The van der Waals surface area contributed by atoms with Crippen molar-refractivity contribution in [1.29, 1.82) is 0 Å². The second-order valence-electron chi connectivity index (χ2n) is 4.73. The van der Waals surface area contributed by atoms with Crippen LogP contribution in [0.3, 0.4) is 0 Å². The van der Waals surface area contributed by atoms with Crippen molar-refractivity contribution in [2.24, 2.45) is 5.92 Å². The van der Waals surface area contributed by atoms with E-state index in [0.717, 1.165) is 6.42 Å². The number of nitrogens with zero attached hydrogens (tertiary/aromatic N) is 2. The molecule has 0 aliphatic carbocycles. The Kier molecular flexibility index (Phi) is 4.78. The van der Waals surface area contributed by atoms with Crippen molar-refractivity contribution < 1.29 is 10.0 Å². The first kappa shape index (κ1) is 14.6. The van der Waals surface area contributed by atoms with Gasteiger partial charge in [0.1, 0.15) is 0 Å². The maximum absolute atomic E-state index is 11.0. The van der Waals surface area contributed by atoms with Gasteiger partial charge in [0.2, 0.25) is 0 Å². The van der Waals surface area contributed by atoms with E-state index >= 15 is 0 Å². The molecule has 0 spiro atoms. The van der Waals surface area contributed by atoms with Gasteiger partial charge >= 0.3 is 0 Å². The molecule has 0 saturated heterocycles. The van der Waals surface area contributed by atoms with E-state index in [4.69, 9.17) is 0 Å². The van der Waals surface area contributed by atoms with Gasteiger partial charge in [-0.15, -0.1) is 0 Å². The molecule has 0 aliphatic rings. The molecular formula is C13H20N2O3. The third-order valence-corrected chi connectivity index (χ3v) is 3.42. The topological polar surface area (TPSA) is 76.3 Å². The molecule has 2 atom stereocenters. The summed E-state index contributed by atoms with van der Waals surface area (Å²) in [5.74, 6) is 0.0820. The Morgan fingerprint density at radius 2 is 2.11 bits per heavy atom. The molecule has 0 radical (unpaired) electrons. The summed E-state index contributed by atoms with van der Waals surface area (Å²) < 4.78 is 0. The highest BCUT2D eigenvalue weighted by molar-refractivity contribution is 5.47. The molecule has 0 aliphatic heterocycles. The quantitative estimate of drug-likeness (QED) is 0.645. The average Bonchev–Trinajstić information content (AvgIpc) is 2.27. The minimum absolute atomic E-state index is 0.0820. The molecule has 1 rings (SSSR count). The fourth-order valence-electron chi connectivity index (χ4n) is 2.16. The minimum atomic E-state index is -0.434. The number of hydrogen-bond donors (Lipinski definition) is 1. The van der Waals surface area contributed by atoms with E-state index in [-0.39, 0.29) is 16.5 Å². The van der Waals surface area contributed by atoms with Crippen LogP contribution in [0.4, 0.5) is 5.69 Å². The molecule has 100 valence electrons. The first-order valence-electron chi connectivity index (χ1n) is 6.16. The Labute approximate surface area is 107 Å². The number of hydrogen-bond acceptors (Lipinski definition) is 4. The Balaban J connectivity index is 3.11. The molecule has 1 aromatic heterocycles. The molecule has 5 nitrogen and oxygen atoms in total. The molecule has 1 N–H and O–H groups in total. The van der Waals surface area contributed by atoms with Gasteiger partial charge in [-0.1, -0.05) is 13.3 Å². The van der Waals surface area contributed by atoms with Crippen LogP contribution >= 0.6 is 0 Å². The molecule has 1 aromatic rings. The summed E-state index contributed by atoms with van der Waals surface area (Å²) in [6.07, 6.45) is 2.49. The molecule has 0 amide bonds. The lowest BCUT2D eigenvalue weighted by atomic mass is 9.92. The molecular weight excluding hydrogens is 232 g/mol. The predicted octanol–water partition coefficient (Wildman–Crippen LogP) is 2.56. The standard InChI is InChI=1S/C13H20N2O3/c1-5-11(10(4)16)6-12-9(3)13(15(17)18)8(2)7-14-12/h7,10-11,16H,5-6H2,1-4H3. The molecule has 18 heavy (non-hydrogen) atoms. The largest absolute Gasteiger partial charge is 0.393 e. The SMILES string of the molecule is CCC(Cc1ncc(C)c([N+](=O)[O-])c1C)C(C)O. The van der Waals surface area contributed by atoms with Gasteiger partial charge in [0.15, 0.2) is 0 Å². The summed E-state index contributed by atoms with van der Waals surface area (Å²) in [5, 5.41) is 20.6. The fraction of sp³-hybridized carbons (Fsp3) is 0.615. The van der Waals surface area contributed by atoms with Crippen LogP contribution in [0.25, 0.3) is 0 Å². The van der Waals surface area contributed by atoms with Crippen LogP contribution in [0.1, 0.15) is 37.1 Å². The fourth-order valence-corrected chi connectivity index (χ4v) is 2.16. The molecule has 0 bridgehead atoms. The van der Waals surface area contributed by atoms with Gasteiger partial charge in [0.05, 0.1) is 16.7 Å².